The Bertz CT molecular complexity index is 1140. The third-order valence-electron chi connectivity index (χ3n) is 5.53. The maximum atomic E-state index is 6.37. The molecule has 1 aliphatic rings. The fraction of sp³-hybridized carbons (Fsp3) is 0.375. The summed E-state index contributed by atoms with van der Waals surface area (Å²) in [4.78, 5) is 16.4. The molecule has 0 saturated heterocycles. The Morgan fingerprint density at radius 1 is 1.06 bits per heavy atom. The lowest BCUT2D eigenvalue weighted by molar-refractivity contribution is -0.127. The van der Waals surface area contributed by atoms with Crippen LogP contribution in [0.25, 0.3) is 16.8 Å². The van der Waals surface area contributed by atoms with E-state index in [-0.39, 0.29) is 0 Å². The van der Waals surface area contributed by atoms with Gasteiger partial charge >= 0.3 is 0 Å². The lowest BCUT2D eigenvalue weighted by atomic mass is 10.2. The van der Waals surface area contributed by atoms with Crippen molar-refractivity contribution >= 4 is 16.8 Å². The van der Waals surface area contributed by atoms with Crippen LogP contribution in [-0.2, 0) is 4.84 Å². The molecule has 0 aliphatic carbocycles. The number of rotatable bonds is 10. The molecule has 3 aromatic rings. The maximum Gasteiger partial charge on any atom is 0.231 e. The van der Waals surface area contributed by atoms with Crippen LogP contribution >= 0.6 is 0 Å². The van der Waals surface area contributed by atoms with Crippen LogP contribution in [0, 0.1) is 0 Å². The summed E-state index contributed by atoms with van der Waals surface area (Å²) in [6.07, 6.45) is 2.86. The lowest BCUT2D eigenvalue weighted by Gasteiger charge is -2.27. The quantitative estimate of drug-likeness (QED) is 0.509. The highest BCUT2D eigenvalue weighted by Crippen LogP contribution is 2.23. The molecule has 1 aliphatic heterocycles. The maximum absolute atomic E-state index is 6.37. The second-order valence-corrected chi connectivity index (χ2v) is 7.41. The number of methoxy groups -OCH3 is 1. The van der Waals surface area contributed by atoms with Crippen molar-refractivity contribution in [3.63, 3.8) is 0 Å². The SMILES string of the molecule is CCN(CC)CCCON1CN=c2ccc(OC)cc2=C1Oc1ccc2[nH]ccc2c1. The van der Waals surface area contributed by atoms with E-state index in [0.717, 1.165) is 59.0 Å². The highest BCUT2D eigenvalue weighted by Gasteiger charge is 2.19. The van der Waals surface area contributed by atoms with Crippen molar-refractivity contribution in [3.05, 3.63) is 59.2 Å². The number of nitrogens with one attached hydrogen (secondary N) is 1. The van der Waals surface area contributed by atoms with Crippen molar-refractivity contribution in [2.45, 2.75) is 20.3 Å². The molecule has 2 aromatic carbocycles. The summed E-state index contributed by atoms with van der Waals surface area (Å²) in [5.41, 5.74) is 1.07. The standard InChI is InChI=1S/C24H30N4O3/c1-4-27(5-2)13-6-14-30-28-17-26-23-10-7-19(29-3)16-21(23)24(28)31-20-8-9-22-18(15-20)11-12-25-22/h7-12,15-16,25H,4-6,13-14,17H2,1-3H3. The number of hydrogen-bond donors (Lipinski definition) is 1. The number of benzene rings is 2. The van der Waals surface area contributed by atoms with E-state index in [1.165, 1.54) is 0 Å². The third kappa shape index (κ3) is 4.84. The molecule has 0 amide bonds. The Labute approximate surface area is 182 Å². The van der Waals surface area contributed by atoms with Crippen LogP contribution < -0.4 is 20.0 Å². The molecular weight excluding hydrogens is 392 g/mol. The summed E-state index contributed by atoms with van der Waals surface area (Å²) in [5, 5.41) is 4.55. The molecular formula is C24H30N4O3. The highest BCUT2D eigenvalue weighted by molar-refractivity contribution is 5.80. The van der Waals surface area contributed by atoms with E-state index in [1.807, 2.05) is 48.7 Å². The Morgan fingerprint density at radius 2 is 1.90 bits per heavy atom. The molecule has 7 heteroatoms. The summed E-state index contributed by atoms with van der Waals surface area (Å²) in [6, 6.07) is 13.8. The Kier molecular flexibility index (Phi) is 6.74. The van der Waals surface area contributed by atoms with E-state index in [1.54, 1.807) is 12.2 Å². The molecule has 0 bridgehead atoms. The monoisotopic (exact) mass is 422 g/mol. The number of aromatic amines is 1. The smallest absolute Gasteiger partial charge is 0.231 e. The molecule has 0 spiro atoms. The van der Waals surface area contributed by atoms with Crippen molar-refractivity contribution in [2.24, 2.45) is 4.99 Å². The van der Waals surface area contributed by atoms with E-state index < -0.39 is 0 Å². The molecule has 2 heterocycles. The van der Waals surface area contributed by atoms with Crippen molar-refractivity contribution in [2.75, 3.05) is 40.0 Å². The summed E-state index contributed by atoms with van der Waals surface area (Å²) in [7, 11) is 1.66. The average molecular weight is 423 g/mol. The van der Waals surface area contributed by atoms with Crippen LogP contribution in [0.15, 0.2) is 53.7 Å². The number of fused-ring (bicyclic) bond motifs is 2. The third-order valence-corrected chi connectivity index (χ3v) is 5.53. The molecule has 0 radical (unpaired) electrons. The molecule has 31 heavy (non-hydrogen) atoms. The van der Waals surface area contributed by atoms with Gasteiger partial charge in [0.25, 0.3) is 0 Å². The largest absolute Gasteiger partial charge is 0.497 e. The minimum Gasteiger partial charge on any atom is -0.497 e. The predicted molar refractivity (Wildman–Crippen MR) is 121 cm³/mol. The van der Waals surface area contributed by atoms with Crippen LogP contribution in [0.2, 0.25) is 0 Å². The van der Waals surface area contributed by atoms with Gasteiger partial charge in [0.05, 0.1) is 24.3 Å². The second kappa shape index (κ2) is 9.85. The number of hydroxylamine groups is 2. The van der Waals surface area contributed by atoms with Gasteiger partial charge in [-0.05, 0) is 62.0 Å². The van der Waals surface area contributed by atoms with Crippen LogP contribution in [0.4, 0.5) is 0 Å². The Hall–Kier alpha value is -3.03. The van der Waals surface area contributed by atoms with E-state index in [2.05, 4.69) is 28.7 Å². The van der Waals surface area contributed by atoms with E-state index in [9.17, 15) is 0 Å². The summed E-state index contributed by atoms with van der Waals surface area (Å²) in [5.74, 6) is 2.12. The van der Waals surface area contributed by atoms with Gasteiger partial charge in [-0.2, -0.15) is 5.06 Å². The summed E-state index contributed by atoms with van der Waals surface area (Å²) >= 11 is 0. The van der Waals surface area contributed by atoms with Gasteiger partial charge in [0.15, 0.2) is 0 Å². The fourth-order valence-electron chi connectivity index (χ4n) is 3.70. The summed E-state index contributed by atoms with van der Waals surface area (Å²) < 4.78 is 11.8. The molecule has 1 N–H and O–H groups in total. The zero-order valence-electron chi connectivity index (χ0n) is 18.4. The zero-order chi connectivity index (χ0) is 21.6. The average Bonchev–Trinajstić information content (AvgIpc) is 3.28. The van der Waals surface area contributed by atoms with Crippen LogP contribution in [0.1, 0.15) is 20.3 Å². The molecule has 164 valence electrons. The first-order valence-electron chi connectivity index (χ1n) is 10.8. The molecule has 0 fully saturated rings. The van der Waals surface area contributed by atoms with E-state index in [0.29, 0.717) is 19.2 Å². The van der Waals surface area contributed by atoms with Crippen LogP contribution in [0.3, 0.4) is 0 Å². The molecule has 7 nitrogen and oxygen atoms in total. The van der Waals surface area contributed by atoms with Crippen molar-refractivity contribution in [1.82, 2.24) is 14.9 Å². The first-order valence-corrected chi connectivity index (χ1v) is 10.8. The summed E-state index contributed by atoms with van der Waals surface area (Å²) in [6.45, 7) is 8.43. The van der Waals surface area contributed by atoms with Gasteiger partial charge in [-0.3, -0.25) is 9.83 Å². The van der Waals surface area contributed by atoms with E-state index >= 15 is 0 Å². The minimum atomic E-state index is 0.381. The normalized spacial score (nSPS) is 13.4. The van der Waals surface area contributed by atoms with Crippen molar-refractivity contribution in [3.8, 4) is 11.5 Å². The minimum absolute atomic E-state index is 0.381. The fourth-order valence-corrected chi connectivity index (χ4v) is 3.70. The van der Waals surface area contributed by atoms with E-state index in [4.69, 9.17) is 14.3 Å². The lowest BCUT2D eigenvalue weighted by Crippen LogP contribution is -2.42. The van der Waals surface area contributed by atoms with Gasteiger partial charge in [0.2, 0.25) is 5.88 Å². The molecule has 0 unspecified atom stereocenters. The topological polar surface area (TPSA) is 62.3 Å². The molecule has 4 rings (SSSR count). The van der Waals surface area contributed by atoms with Gasteiger partial charge < -0.3 is 19.4 Å². The van der Waals surface area contributed by atoms with Crippen molar-refractivity contribution in [1.29, 1.82) is 0 Å². The van der Waals surface area contributed by atoms with Gasteiger partial charge in [0.1, 0.15) is 18.2 Å². The first kappa shape index (κ1) is 21.2. The Balaban J connectivity index is 1.60. The number of hydrogen-bond acceptors (Lipinski definition) is 6. The number of nitrogens with zero attached hydrogens (tertiary/aromatic N) is 3. The van der Waals surface area contributed by atoms with Gasteiger partial charge in [-0.25, -0.2) is 0 Å². The van der Waals surface area contributed by atoms with Gasteiger partial charge in [-0.15, -0.1) is 0 Å². The van der Waals surface area contributed by atoms with Gasteiger partial charge in [-0.1, -0.05) is 13.8 Å². The number of aromatic nitrogens is 1. The zero-order valence-corrected chi connectivity index (χ0v) is 18.4. The van der Waals surface area contributed by atoms with Crippen molar-refractivity contribution < 1.29 is 14.3 Å². The number of H-pyrrole nitrogens is 1. The highest BCUT2D eigenvalue weighted by atomic mass is 16.7. The first-order chi connectivity index (χ1) is 15.2. The van der Waals surface area contributed by atoms with Gasteiger partial charge in [0, 0.05) is 23.6 Å². The molecule has 1 aromatic heterocycles. The molecule has 0 atom stereocenters. The predicted octanol–water partition coefficient (Wildman–Crippen LogP) is 2.88. The molecule has 0 saturated carbocycles. The van der Waals surface area contributed by atoms with Crippen LogP contribution in [0.5, 0.6) is 11.5 Å². The Morgan fingerprint density at radius 3 is 2.71 bits per heavy atom. The van der Waals surface area contributed by atoms with Crippen LogP contribution in [-0.4, -0.2) is 55.0 Å². The second-order valence-electron chi connectivity index (χ2n) is 7.41. The number of ether oxygens (including phenoxy) is 2.